The largest absolute Gasteiger partial charge is 0.379 e. The lowest BCUT2D eigenvalue weighted by atomic mass is 10.2. The van der Waals surface area contributed by atoms with Crippen LogP contribution >= 0.6 is 23.2 Å². The smallest absolute Gasteiger partial charge is 0.0594 e. The van der Waals surface area contributed by atoms with Crippen LogP contribution in [0.2, 0.25) is 10.0 Å². The van der Waals surface area contributed by atoms with Crippen molar-refractivity contribution in [3.8, 4) is 0 Å². The summed E-state index contributed by atoms with van der Waals surface area (Å²) in [5.41, 5.74) is 1.13. The van der Waals surface area contributed by atoms with Crippen LogP contribution in [0.4, 0.5) is 0 Å². The van der Waals surface area contributed by atoms with Gasteiger partial charge in [-0.05, 0) is 17.7 Å². The van der Waals surface area contributed by atoms with Gasteiger partial charge in [0.2, 0.25) is 0 Å². The zero-order chi connectivity index (χ0) is 10.7. The van der Waals surface area contributed by atoms with Crippen LogP contribution in [0.3, 0.4) is 0 Å². The Morgan fingerprint density at radius 1 is 1.20 bits per heavy atom. The normalized spacial score (nSPS) is 18.0. The number of rotatable bonds is 2. The molecule has 0 radical (unpaired) electrons. The number of ether oxygens (including phenoxy) is 1. The zero-order valence-corrected chi connectivity index (χ0v) is 9.89. The van der Waals surface area contributed by atoms with Crippen molar-refractivity contribution in [3.63, 3.8) is 0 Å². The molecule has 0 spiro atoms. The van der Waals surface area contributed by atoms with Crippen LogP contribution < -0.4 is 0 Å². The fraction of sp³-hybridized carbons (Fsp3) is 0.455. The van der Waals surface area contributed by atoms with Gasteiger partial charge < -0.3 is 4.74 Å². The number of benzene rings is 1. The molecule has 0 aromatic heterocycles. The van der Waals surface area contributed by atoms with E-state index in [0.29, 0.717) is 5.02 Å². The lowest BCUT2D eigenvalue weighted by Crippen LogP contribution is -2.35. The fourth-order valence-corrected chi connectivity index (χ4v) is 2.12. The molecule has 0 atom stereocenters. The zero-order valence-electron chi connectivity index (χ0n) is 8.38. The Kier molecular flexibility index (Phi) is 3.87. The van der Waals surface area contributed by atoms with Crippen LogP contribution in [0.25, 0.3) is 0 Å². The summed E-state index contributed by atoms with van der Waals surface area (Å²) in [6, 6.07) is 5.65. The SMILES string of the molecule is Clc1ccc(CN2CCOCC2)c(Cl)c1. The van der Waals surface area contributed by atoms with E-state index in [1.807, 2.05) is 12.1 Å². The van der Waals surface area contributed by atoms with Crippen molar-refractivity contribution in [2.75, 3.05) is 26.3 Å². The van der Waals surface area contributed by atoms with E-state index in [9.17, 15) is 0 Å². The highest BCUT2D eigenvalue weighted by atomic mass is 35.5. The minimum Gasteiger partial charge on any atom is -0.379 e. The molecule has 1 heterocycles. The van der Waals surface area contributed by atoms with Crippen LogP contribution in [0.5, 0.6) is 0 Å². The van der Waals surface area contributed by atoms with Gasteiger partial charge >= 0.3 is 0 Å². The average Bonchev–Trinajstić information content (AvgIpc) is 2.24. The summed E-state index contributed by atoms with van der Waals surface area (Å²) >= 11 is 11.9. The predicted molar refractivity (Wildman–Crippen MR) is 62.6 cm³/mol. The van der Waals surface area contributed by atoms with Gasteiger partial charge in [-0.25, -0.2) is 0 Å². The highest BCUT2D eigenvalue weighted by molar-refractivity contribution is 6.35. The van der Waals surface area contributed by atoms with Crippen LogP contribution in [0, 0.1) is 0 Å². The van der Waals surface area contributed by atoms with Gasteiger partial charge in [-0.3, -0.25) is 4.90 Å². The second-order valence-corrected chi connectivity index (χ2v) is 4.47. The molecule has 0 bridgehead atoms. The quantitative estimate of drug-likeness (QED) is 0.795. The first-order valence-corrected chi connectivity index (χ1v) is 5.75. The third-order valence-corrected chi connectivity index (χ3v) is 3.10. The van der Waals surface area contributed by atoms with Crippen LogP contribution in [0.15, 0.2) is 18.2 Å². The van der Waals surface area contributed by atoms with Gasteiger partial charge in [-0.15, -0.1) is 0 Å². The van der Waals surface area contributed by atoms with Crippen molar-refractivity contribution in [1.82, 2.24) is 4.90 Å². The summed E-state index contributed by atoms with van der Waals surface area (Å²) in [6.45, 7) is 4.44. The summed E-state index contributed by atoms with van der Waals surface area (Å²) < 4.78 is 5.29. The van der Waals surface area contributed by atoms with Crippen molar-refractivity contribution >= 4 is 23.2 Å². The highest BCUT2D eigenvalue weighted by Crippen LogP contribution is 2.22. The molecular weight excluding hydrogens is 233 g/mol. The first kappa shape index (κ1) is 11.2. The van der Waals surface area contributed by atoms with Crippen molar-refractivity contribution in [3.05, 3.63) is 33.8 Å². The Morgan fingerprint density at radius 2 is 1.93 bits per heavy atom. The molecule has 0 unspecified atom stereocenters. The molecule has 1 aliphatic rings. The number of hydrogen-bond donors (Lipinski definition) is 0. The lowest BCUT2D eigenvalue weighted by Gasteiger charge is -2.26. The molecule has 0 saturated carbocycles. The van der Waals surface area contributed by atoms with Crippen LogP contribution in [-0.2, 0) is 11.3 Å². The van der Waals surface area contributed by atoms with Gasteiger partial charge in [0.1, 0.15) is 0 Å². The van der Waals surface area contributed by atoms with Crippen LogP contribution in [-0.4, -0.2) is 31.2 Å². The molecule has 15 heavy (non-hydrogen) atoms. The van der Waals surface area contributed by atoms with Crippen molar-refractivity contribution in [2.45, 2.75) is 6.54 Å². The molecule has 2 rings (SSSR count). The van der Waals surface area contributed by atoms with E-state index in [2.05, 4.69) is 4.90 Å². The van der Waals surface area contributed by atoms with Crippen molar-refractivity contribution in [1.29, 1.82) is 0 Å². The molecule has 0 amide bonds. The maximum Gasteiger partial charge on any atom is 0.0594 e. The van der Waals surface area contributed by atoms with Crippen molar-refractivity contribution in [2.24, 2.45) is 0 Å². The molecule has 2 nitrogen and oxygen atoms in total. The summed E-state index contributed by atoms with van der Waals surface area (Å²) in [4.78, 5) is 2.33. The molecule has 82 valence electrons. The monoisotopic (exact) mass is 245 g/mol. The molecule has 1 aromatic carbocycles. The van der Waals surface area contributed by atoms with E-state index >= 15 is 0 Å². The van der Waals surface area contributed by atoms with Gasteiger partial charge in [0.05, 0.1) is 13.2 Å². The van der Waals surface area contributed by atoms with E-state index in [-0.39, 0.29) is 0 Å². The third-order valence-electron chi connectivity index (χ3n) is 2.51. The van der Waals surface area contributed by atoms with E-state index < -0.39 is 0 Å². The molecule has 1 aromatic rings. The molecule has 0 aliphatic carbocycles. The van der Waals surface area contributed by atoms with Gasteiger partial charge in [-0.1, -0.05) is 29.3 Å². The van der Waals surface area contributed by atoms with Gasteiger partial charge in [0.25, 0.3) is 0 Å². The van der Waals surface area contributed by atoms with Gasteiger partial charge in [0, 0.05) is 29.7 Å². The molecule has 1 saturated heterocycles. The number of nitrogens with zero attached hydrogens (tertiary/aromatic N) is 1. The van der Waals surface area contributed by atoms with Crippen molar-refractivity contribution < 1.29 is 4.74 Å². The first-order valence-electron chi connectivity index (χ1n) is 5.00. The second-order valence-electron chi connectivity index (χ2n) is 3.62. The molecule has 1 fully saturated rings. The molecular formula is C11H13Cl2NO. The Morgan fingerprint density at radius 3 is 2.60 bits per heavy atom. The maximum atomic E-state index is 6.11. The summed E-state index contributed by atoms with van der Waals surface area (Å²) in [5, 5.41) is 1.43. The van der Waals surface area contributed by atoms with Gasteiger partial charge in [-0.2, -0.15) is 0 Å². The summed E-state index contributed by atoms with van der Waals surface area (Å²) in [5.74, 6) is 0. The summed E-state index contributed by atoms with van der Waals surface area (Å²) in [7, 11) is 0. The Labute approximate surface area is 99.7 Å². The molecule has 4 heteroatoms. The molecule has 1 aliphatic heterocycles. The van der Waals surface area contributed by atoms with Crippen LogP contribution in [0.1, 0.15) is 5.56 Å². The minimum absolute atomic E-state index is 0.686. The number of hydrogen-bond acceptors (Lipinski definition) is 2. The second kappa shape index (κ2) is 5.17. The first-order chi connectivity index (χ1) is 7.25. The highest BCUT2D eigenvalue weighted by Gasteiger charge is 2.12. The minimum atomic E-state index is 0.686. The standard InChI is InChI=1S/C11H13Cl2NO/c12-10-2-1-9(11(13)7-10)8-14-3-5-15-6-4-14/h1-2,7H,3-6,8H2. The molecule has 0 N–H and O–H groups in total. The third kappa shape index (κ3) is 3.08. The topological polar surface area (TPSA) is 12.5 Å². The van der Waals surface area contributed by atoms with Gasteiger partial charge in [0.15, 0.2) is 0 Å². The summed E-state index contributed by atoms with van der Waals surface area (Å²) in [6.07, 6.45) is 0. The maximum absolute atomic E-state index is 6.11. The Hall–Kier alpha value is -0.280. The lowest BCUT2D eigenvalue weighted by molar-refractivity contribution is 0.0342. The number of halogens is 2. The fourth-order valence-electron chi connectivity index (χ4n) is 1.65. The van der Waals surface area contributed by atoms with E-state index in [1.165, 1.54) is 0 Å². The Balaban J connectivity index is 2.03. The van der Waals surface area contributed by atoms with E-state index in [0.717, 1.165) is 43.4 Å². The Bertz CT molecular complexity index is 337. The predicted octanol–water partition coefficient (Wildman–Crippen LogP) is 2.83. The van der Waals surface area contributed by atoms with E-state index in [4.69, 9.17) is 27.9 Å². The average molecular weight is 246 g/mol. The van der Waals surface area contributed by atoms with E-state index in [1.54, 1.807) is 6.07 Å². The number of morpholine rings is 1.